The molecule has 0 saturated carbocycles. The second-order valence-electron chi connectivity index (χ2n) is 15.2. The SMILES string of the molecule is O=c1c2ccccc2c2cc(-c3cccc(-c4ccccc4)c3)cc3c4cc(-c5cccc(-c6ccc7c8ccccc8c8ccccc8c7c6)c5)ccc4n1c23. The summed E-state index contributed by atoms with van der Waals surface area (Å²) in [4.78, 5) is 14.3. The zero-order chi connectivity index (χ0) is 37.6. The van der Waals surface area contributed by atoms with Gasteiger partial charge in [0.1, 0.15) is 0 Å². The predicted molar refractivity (Wildman–Crippen MR) is 242 cm³/mol. The highest BCUT2D eigenvalue weighted by Crippen LogP contribution is 2.41. The second kappa shape index (κ2) is 12.2. The lowest BCUT2D eigenvalue weighted by molar-refractivity contribution is 1.21. The molecule has 0 unspecified atom stereocenters. The van der Waals surface area contributed by atoms with Crippen LogP contribution in [0.15, 0.2) is 205 Å². The van der Waals surface area contributed by atoms with E-state index in [4.69, 9.17) is 0 Å². The lowest BCUT2D eigenvalue weighted by Crippen LogP contribution is -2.12. The summed E-state index contributed by atoms with van der Waals surface area (Å²) in [6.45, 7) is 0. The molecule has 0 aliphatic rings. The molecule has 0 aliphatic carbocycles. The molecule has 2 heteroatoms. The fraction of sp³-hybridized carbons (Fsp3) is 0. The summed E-state index contributed by atoms with van der Waals surface area (Å²) in [5, 5.41) is 12.6. The van der Waals surface area contributed by atoms with E-state index in [1.54, 1.807) is 0 Å². The molecule has 0 bridgehead atoms. The van der Waals surface area contributed by atoms with Crippen LogP contribution in [0.5, 0.6) is 0 Å². The van der Waals surface area contributed by atoms with Crippen molar-refractivity contribution in [2.75, 3.05) is 0 Å². The van der Waals surface area contributed by atoms with Crippen LogP contribution >= 0.6 is 0 Å². The van der Waals surface area contributed by atoms with E-state index in [9.17, 15) is 4.79 Å². The average Bonchev–Trinajstić information content (AvgIpc) is 3.62. The molecule has 0 atom stereocenters. The van der Waals surface area contributed by atoms with E-state index in [-0.39, 0.29) is 5.56 Å². The first-order valence-corrected chi connectivity index (χ1v) is 19.5. The van der Waals surface area contributed by atoms with Gasteiger partial charge in [0.15, 0.2) is 0 Å². The molecule has 2 heterocycles. The normalized spacial score (nSPS) is 11.9. The molecule has 0 fully saturated rings. The Morgan fingerprint density at radius 3 is 1.25 bits per heavy atom. The van der Waals surface area contributed by atoms with Gasteiger partial charge in [-0.25, -0.2) is 0 Å². The van der Waals surface area contributed by atoms with E-state index in [2.05, 4.69) is 182 Å². The summed E-state index contributed by atoms with van der Waals surface area (Å²) in [6.07, 6.45) is 0. The van der Waals surface area contributed by atoms with Crippen molar-refractivity contribution < 1.29 is 0 Å². The zero-order valence-electron chi connectivity index (χ0n) is 30.9. The zero-order valence-corrected chi connectivity index (χ0v) is 30.9. The number of hydrogen-bond donors (Lipinski definition) is 0. The molecular formula is C55H33NO. The van der Waals surface area contributed by atoms with Crippen molar-refractivity contribution in [3.8, 4) is 44.5 Å². The fourth-order valence-electron chi connectivity index (χ4n) is 9.41. The molecule has 0 radical (unpaired) electrons. The summed E-state index contributed by atoms with van der Waals surface area (Å²) in [7, 11) is 0. The van der Waals surface area contributed by atoms with Gasteiger partial charge in [0.25, 0.3) is 5.56 Å². The van der Waals surface area contributed by atoms with Crippen LogP contribution in [0.25, 0.3) is 115 Å². The third-order valence-corrected chi connectivity index (χ3v) is 12.1. The van der Waals surface area contributed by atoms with Gasteiger partial charge in [0.05, 0.1) is 11.0 Å². The van der Waals surface area contributed by atoms with Crippen molar-refractivity contribution in [3.05, 3.63) is 211 Å². The first-order chi connectivity index (χ1) is 28.2. The lowest BCUT2D eigenvalue weighted by atomic mass is 9.91. The minimum atomic E-state index is 0.0169. The van der Waals surface area contributed by atoms with E-state index in [0.717, 1.165) is 60.2 Å². The van der Waals surface area contributed by atoms with Crippen LogP contribution in [0.4, 0.5) is 0 Å². The first kappa shape index (κ1) is 31.8. The minimum absolute atomic E-state index is 0.0169. The topological polar surface area (TPSA) is 21.5 Å². The second-order valence-corrected chi connectivity index (χ2v) is 15.2. The Hall–Kier alpha value is -7.55. The van der Waals surface area contributed by atoms with Crippen molar-refractivity contribution in [1.29, 1.82) is 0 Å². The Labute approximate surface area is 328 Å². The molecule has 10 aromatic carbocycles. The number of aromatic nitrogens is 1. The van der Waals surface area contributed by atoms with E-state index < -0.39 is 0 Å². The Kier molecular flexibility index (Phi) is 6.81. The van der Waals surface area contributed by atoms with Crippen LogP contribution < -0.4 is 5.56 Å². The number of fused-ring (bicyclic) bond motifs is 11. The van der Waals surface area contributed by atoms with Gasteiger partial charge in [0.2, 0.25) is 0 Å². The Morgan fingerprint density at radius 2 is 0.632 bits per heavy atom. The van der Waals surface area contributed by atoms with Gasteiger partial charge in [-0.15, -0.1) is 0 Å². The highest BCUT2D eigenvalue weighted by molar-refractivity contribution is 6.26. The van der Waals surface area contributed by atoms with Crippen LogP contribution in [0, 0.1) is 0 Å². The first-order valence-electron chi connectivity index (χ1n) is 19.5. The highest BCUT2D eigenvalue weighted by atomic mass is 16.1. The maximum atomic E-state index is 14.3. The van der Waals surface area contributed by atoms with Gasteiger partial charge in [-0.3, -0.25) is 9.20 Å². The van der Waals surface area contributed by atoms with Crippen molar-refractivity contribution in [3.63, 3.8) is 0 Å². The highest BCUT2D eigenvalue weighted by Gasteiger charge is 2.20. The molecule has 0 amide bonds. The molecule has 0 saturated heterocycles. The monoisotopic (exact) mass is 723 g/mol. The van der Waals surface area contributed by atoms with Crippen molar-refractivity contribution in [2.24, 2.45) is 0 Å². The molecule has 0 spiro atoms. The van der Waals surface area contributed by atoms with E-state index in [1.165, 1.54) is 54.6 Å². The molecule has 0 aliphatic heterocycles. The maximum Gasteiger partial charge on any atom is 0.263 e. The van der Waals surface area contributed by atoms with Crippen molar-refractivity contribution >= 4 is 70.3 Å². The molecule has 2 aromatic heterocycles. The quantitative estimate of drug-likeness (QED) is 0.166. The Morgan fingerprint density at radius 1 is 0.246 bits per heavy atom. The number of hydrogen-bond acceptors (Lipinski definition) is 1. The van der Waals surface area contributed by atoms with Gasteiger partial charge in [-0.1, -0.05) is 152 Å². The van der Waals surface area contributed by atoms with Gasteiger partial charge >= 0.3 is 0 Å². The number of nitrogens with zero attached hydrogens (tertiary/aromatic N) is 1. The largest absolute Gasteiger partial charge is 0.275 e. The van der Waals surface area contributed by atoms with Crippen LogP contribution in [0.2, 0.25) is 0 Å². The van der Waals surface area contributed by atoms with E-state index >= 15 is 0 Å². The van der Waals surface area contributed by atoms with E-state index in [1.807, 2.05) is 22.6 Å². The van der Waals surface area contributed by atoms with Gasteiger partial charge in [-0.05, 0) is 131 Å². The lowest BCUT2D eigenvalue weighted by Gasteiger charge is -2.12. The summed E-state index contributed by atoms with van der Waals surface area (Å²) in [5.74, 6) is 0. The summed E-state index contributed by atoms with van der Waals surface area (Å²) >= 11 is 0. The van der Waals surface area contributed by atoms with Gasteiger partial charge in [0, 0.05) is 21.5 Å². The van der Waals surface area contributed by atoms with Crippen LogP contribution in [0.3, 0.4) is 0 Å². The smallest absolute Gasteiger partial charge is 0.263 e. The third kappa shape index (κ3) is 4.81. The van der Waals surface area contributed by atoms with Crippen molar-refractivity contribution in [2.45, 2.75) is 0 Å². The number of pyridine rings is 1. The Bertz CT molecular complexity index is 3620. The van der Waals surface area contributed by atoms with Crippen LogP contribution in [-0.4, -0.2) is 4.40 Å². The summed E-state index contributed by atoms with van der Waals surface area (Å²) < 4.78 is 1.94. The number of rotatable bonds is 4. The minimum Gasteiger partial charge on any atom is -0.275 e. The Balaban J connectivity index is 1.05. The van der Waals surface area contributed by atoms with Gasteiger partial charge < -0.3 is 0 Å². The predicted octanol–water partition coefficient (Wildman–Crippen LogP) is 14.3. The van der Waals surface area contributed by atoms with E-state index in [0.29, 0.717) is 0 Å². The number of benzene rings is 10. The van der Waals surface area contributed by atoms with Gasteiger partial charge in [-0.2, -0.15) is 0 Å². The van der Waals surface area contributed by atoms with Crippen molar-refractivity contribution in [1.82, 2.24) is 4.40 Å². The fourth-order valence-corrected chi connectivity index (χ4v) is 9.41. The molecule has 57 heavy (non-hydrogen) atoms. The van der Waals surface area contributed by atoms with Crippen LogP contribution in [0.1, 0.15) is 0 Å². The van der Waals surface area contributed by atoms with Crippen LogP contribution in [-0.2, 0) is 0 Å². The third-order valence-electron chi connectivity index (χ3n) is 12.1. The maximum absolute atomic E-state index is 14.3. The summed E-state index contributed by atoms with van der Waals surface area (Å²) in [5.41, 5.74) is 11.1. The molecule has 2 nitrogen and oxygen atoms in total. The average molecular weight is 724 g/mol. The molecule has 12 aromatic rings. The molecule has 0 N–H and O–H groups in total. The molecule has 12 rings (SSSR count). The standard InChI is InChI=1S/C55H33NO/c57-55-48-23-9-8-22-46(48)51-32-41(38-17-10-14-35(28-38)34-12-2-1-3-13-34)33-52-50-31-40(25-27-53(50)56(55)54(51)52)37-16-11-15-36(29-37)39-24-26-47-44-20-5-4-18-42(44)43-19-6-7-21-45(43)49(47)30-39/h1-33H. The molecular weight excluding hydrogens is 691 g/mol. The summed E-state index contributed by atoms with van der Waals surface area (Å²) in [6, 6.07) is 71.7. The molecule has 264 valence electrons.